The number of hydrogen-bond donors (Lipinski definition) is 2. The van der Waals surface area contributed by atoms with E-state index < -0.39 is 5.54 Å². The fourth-order valence-electron chi connectivity index (χ4n) is 2.89. The highest BCUT2D eigenvalue weighted by molar-refractivity contribution is 6.10. The van der Waals surface area contributed by atoms with Gasteiger partial charge < -0.3 is 10.1 Å². The lowest BCUT2D eigenvalue weighted by Crippen LogP contribution is -2.53. The summed E-state index contributed by atoms with van der Waals surface area (Å²) in [5, 5.41) is 6.21. The summed E-state index contributed by atoms with van der Waals surface area (Å²) in [6, 6.07) is 7.70. The molecule has 0 saturated carbocycles. The molecule has 21 heavy (non-hydrogen) atoms. The van der Waals surface area contributed by atoms with E-state index in [9.17, 15) is 4.79 Å². The Morgan fingerprint density at radius 3 is 2.95 bits per heavy atom. The van der Waals surface area contributed by atoms with Crippen molar-refractivity contribution in [3.05, 3.63) is 29.8 Å². The fourth-order valence-corrected chi connectivity index (χ4v) is 2.89. The van der Waals surface area contributed by atoms with Crippen molar-refractivity contribution in [1.82, 2.24) is 10.6 Å². The van der Waals surface area contributed by atoms with Crippen LogP contribution in [0.4, 0.5) is 0 Å². The zero-order chi connectivity index (χ0) is 15.0. The van der Waals surface area contributed by atoms with Crippen LogP contribution in [0.15, 0.2) is 29.3 Å². The van der Waals surface area contributed by atoms with Gasteiger partial charge in [-0.3, -0.25) is 15.1 Å². The second-order valence-corrected chi connectivity index (χ2v) is 6.18. The molecule has 1 fully saturated rings. The van der Waals surface area contributed by atoms with Crippen molar-refractivity contribution in [2.24, 2.45) is 16.8 Å². The van der Waals surface area contributed by atoms with Gasteiger partial charge in [-0.2, -0.15) is 0 Å². The van der Waals surface area contributed by atoms with Gasteiger partial charge in [-0.25, -0.2) is 0 Å². The van der Waals surface area contributed by atoms with Crippen molar-refractivity contribution in [2.45, 2.75) is 26.3 Å². The maximum absolute atomic E-state index is 12.7. The van der Waals surface area contributed by atoms with Gasteiger partial charge in [-0.1, -0.05) is 39.0 Å². The van der Waals surface area contributed by atoms with E-state index in [2.05, 4.69) is 29.5 Å². The lowest BCUT2D eigenvalue weighted by molar-refractivity contribution is -0.127. The third kappa shape index (κ3) is 2.17. The molecule has 0 aliphatic carbocycles. The lowest BCUT2D eigenvalue weighted by atomic mass is 9.77. The molecule has 2 heterocycles. The average Bonchev–Trinajstić information content (AvgIpc) is 2.79. The van der Waals surface area contributed by atoms with Gasteiger partial charge in [0.15, 0.2) is 11.5 Å². The number of rotatable bonds is 2. The van der Waals surface area contributed by atoms with E-state index in [0.29, 0.717) is 25.0 Å². The number of carbonyl (C=O) groups excluding carboxylic acids is 1. The third-order valence-corrected chi connectivity index (χ3v) is 4.06. The number of benzene rings is 1. The molecule has 0 aromatic heterocycles. The van der Waals surface area contributed by atoms with Crippen molar-refractivity contribution in [3.8, 4) is 5.75 Å². The summed E-state index contributed by atoms with van der Waals surface area (Å²) in [7, 11) is 0. The zero-order valence-electron chi connectivity index (χ0n) is 12.6. The molecule has 1 saturated heterocycles. The van der Waals surface area contributed by atoms with Crippen molar-refractivity contribution >= 4 is 11.9 Å². The van der Waals surface area contributed by atoms with Crippen LogP contribution in [0.25, 0.3) is 0 Å². The number of ether oxygens (including phenoxy) is 1. The van der Waals surface area contributed by atoms with E-state index in [1.54, 1.807) is 0 Å². The summed E-state index contributed by atoms with van der Waals surface area (Å²) in [5.74, 6) is 1.76. The van der Waals surface area contributed by atoms with Crippen molar-refractivity contribution in [3.63, 3.8) is 0 Å². The fraction of sp³-hybridized carbons (Fsp3) is 0.500. The van der Waals surface area contributed by atoms with Crippen LogP contribution in [-0.4, -0.2) is 25.0 Å². The Bertz CT molecular complexity index is 597. The van der Waals surface area contributed by atoms with E-state index in [1.807, 2.05) is 31.2 Å². The van der Waals surface area contributed by atoms with E-state index in [0.717, 1.165) is 11.3 Å². The molecule has 2 N–H and O–H groups in total. The second-order valence-electron chi connectivity index (χ2n) is 6.18. The topological polar surface area (TPSA) is 62.7 Å². The molecular weight excluding hydrogens is 266 g/mol. The average molecular weight is 287 g/mol. The molecule has 0 radical (unpaired) electrons. The second kappa shape index (κ2) is 5.06. The molecular formula is C16H21N3O2. The van der Waals surface area contributed by atoms with Crippen LogP contribution in [0.2, 0.25) is 0 Å². The zero-order valence-corrected chi connectivity index (χ0v) is 12.6. The van der Waals surface area contributed by atoms with Crippen molar-refractivity contribution in [2.75, 3.05) is 13.2 Å². The minimum absolute atomic E-state index is 0.0270. The number of carbonyl (C=O) groups is 1. The minimum atomic E-state index is -0.773. The largest absolute Gasteiger partial charge is 0.493 e. The van der Waals surface area contributed by atoms with Gasteiger partial charge in [-0.05, 0) is 12.0 Å². The van der Waals surface area contributed by atoms with E-state index in [-0.39, 0.29) is 11.8 Å². The molecule has 2 unspecified atom stereocenters. The minimum Gasteiger partial charge on any atom is -0.493 e. The van der Waals surface area contributed by atoms with E-state index >= 15 is 0 Å². The van der Waals surface area contributed by atoms with Gasteiger partial charge in [0.2, 0.25) is 0 Å². The highest BCUT2D eigenvalue weighted by atomic mass is 16.5. The standard InChI is InChI=1S/C16H21N3O2/c1-10(2)8-17-15-18-14(20)16(19-15)11(3)9-21-13-7-5-4-6-12(13)16/h4-7,10-11H,8-9H2,1-3H3,(H2,17,18,19,20). The van der Waals surface area contributed by atoms with Crippen molar-refractivity contribution < 1.29 is 9.53 Å². The predicted molar refractivity (Wildman–Crippen MR) is 81.2 cm³/mol. The van der Waals surface area contributed by atoms with Crippen LogP contribution >= 0.6 is 0 Å². The van der Waals surface area contributed by atoms with Gasteiger partial charge in [0.05, 0.1) is 6.61 Å². The maximum Gasteiger partial charge on any atom is 0.257 e. The first kappa shape index (κ1) is 13.9. The molecule has 2 aliphatic rings. The Labute approximate surface area is 124 Å². The Balaban J connectivity index is 2.00. The van der Waals surface area contributed by atoms with E-state index in [1.165, 1.54) is 0 Å². The van der Waals surface area contributed by atoms with Gasteiger partial charge in [0, 0.05) is 18.0 Å². The van der Waals surface area contributed by atoms with Crippen molar-refractivity contribution in [1.29, 1.82) is 0 Å². The number of amides is 1. The summed E-state index contributed by atoms with van der Waals surface area (Å²) in [6.07, 6.45) is 0. The molecule has 0 bridgehead atoms. The molecule has 1 aromatic rings. The van der Waals surface area contributed by atoms with Crippen LogP contribution in [0, 0.1) is 11.8 Å². The number of hydrogen-bond acceptors (Lipinski definition) is 3. The summed E-state index contributed by atoms with van der Waals surface area (Å²) >= 11 is 0. The summed E-state index contributed by atoms with van der Waals surface area (Å²) < 4.78 is 5.74. The molecule has 3 rings (SSSR count). The number of fused-ring (bicyclic) bond motifs is 2. The first-order chi connectivity index (χ1) is 10.0. The monoisotopic (exact) mass is 287 g/mol. The quantitative estimate of drug-likeness (QED) is 0.869. The predicted octanol–water partition coefficient (Wildman–Crippen LogP) is 1.64. The number of para-hydroxylation sites is 1. The molecule has 1 aromatic carbocycles. The van der Waals surface area contributed by atoms with Gasteiger partial charge >= 0.3 is 0 Å². The Kier molecular flexibility index (Phi) is 3.35. The highest BCUT2D eigenvalue weighted by Gasteiger charge is 2.54. The molecule has 112 valence electrons. The summed E-state index contributed by atoms with van der Waals surface area (Å²) in [6.45, 7) is 7.42. The Morgan fingerprint density at radius 1 is 1.43 bits per heavy atom. The van der Waals surface area contributed by atoms with Gasteiger partial charge in [0.25, 0.3) is 5.91 Å². The van der Waals surface area contributed by atoms with Crippen LogP contribution in [0.3, 0.4) is 0 Å². The smallest absolute Gasteiger partial charge is 0.257 e. The first-order valence-corrected chi connectivity index (χ1v) is 7.40. The Morgan fingerprint density at radius 2 is 2.19 bits per heavy atom. The van der Waals surface area contributed by atoms with Crippen LogP contribution in [0.5, 0.6) is 5.75 Å². The highest BCUT2D eigenvalue weighted by Crippen LogP contribution is 2.41. The third-order valence-electron chi connectivity index (χ3n) is 4.06. The van der Waals surface area contributed by atoms with Gasteiger partial charge in [0.1, 0.15) is 5.75 Å². The summed E-state index contributed by atoms with van der Waals surface area (Å²) in [5.41, 5.74) is 0.112. The van der Waals surface area contributed by atoms with Crippen LogP contribution in [-0.2, 0) is 10.3 Å². The summed E-state index contributed by atoms with van der Waals surface area (Å²) in [4.78, 5) is 17.1. The maximum atomic E-state index is 12.7. The van der Waals surface area contributed by atoms with Gasteiger partial charge in [-0.15, -0.1) is 0 Å². The number of nitrogens with one attached hydrogen (secondary N) is 2. The SMILES string of the molecule is CC(C)CN=C1NC(=O)C2(N1)c1ccccc1OCC2C. The molecule has 5 nitrogen and oxygen atoms in total. The van der Waals surface area contributed by atoms with E-state index in [4.69, 9.17) is 4.74 Å². The van der Waals surface area contributed by atoms with Crippen LogP contribution in [0.1, 0.15) is 26.3 Å². The normalized spacial score (nSPS) is 29.2. The van der Waals surface area contributed by atoms with Crippen LogP contribution < -0.4 is 15.4 Å². The lowest BCUT2D eigenvalue weighted by Gasteiger charge is -2.38. The molecule has 2 atom stereocenters. The molecule has 2 aliphatic heterocycles. The number of nitrogens with zero attached hydrogens (tertiary/aromatic N) is 1. The molecule has 1 spiro atoms. The molecule has 5 heteroatoms. The number of guanidine groups is 1. The molecule has 1 amide bonds. The Hall–Kier alpha value is -2.04. The first-order valence-electron chi connectivity index (χ1n) is 7.40. The number of aliphatic imine (C=N–C) groups is 1.